The van der Waals surface area contributed by atoms with Crippen molar-refractivity contribution >= 4 is 39.2 Å². The van der Waals surface area contributed by atoms with E-state index in [0.29, 0.717) is 17.4 Å². The van der Waals surface area contributed by atoms with E-state index in [9.17, 15) is 9.59 Å². The second kappa shape index (κ2) is 8.61. The first-order valence-corrected chi connectivity index (χ1v) is 9.90. The summed E-state index contributed by atoms with van der Waals surface area (Å²) in [5.74, 6) is -0.496. The zero-order valence-corrected chi connectivity index (χ0v) is 16.2. The molecular weight excluding hydrogens is 388 g/mol. The minimum atomic E-state index is -0.387. The van der Waals surface area contributed by atoms with Crippen LogP contribution in [0.15, 0.2) is 54.4 Å². The molecule has 0 aliphatic carbocycles. The number of H-pyrrole nitrogens is 1. The predicted molar refractivity (Wildman–Crippen MR) is 111 cm³/mol. The first kappa shape index (κ1) is 18.8. The highest BCUT2D eigenvalue weighted by atomic mass is 32.1. The quantitative estimate of drug-likeness (QED) is 0.437. The van der Waals surface area contributed by atoms with Crippen LogP contribution in [0.3, 0.4) is 0 Å². The Labute approximate surface area is 170 Å². The Morgan fingerprint density at radius 3 is 2.93 bits per heavy atom. The zero-order valence-electron chi connectivity index (χ0n) is 15.4. The second-order valence-electron chi connectivity index (χ2n) is 6.32. The van der Waals surface area contributed by atoms with Crippen LogP contribution in [-0.4, -0.2) is 38.3 Å². The van der Waals surface area contributed by atoms with E-state index in [0.717, 1.165) is 11.9 Å². The summed E-state index contributed by atoms with van der Waals surface area (Å²) in [6, 6.07) is 8.08. The number of benzene rings is 1. The number of carbonyl (C=O) groups excluding carboxylic acids is 2. The molecule has 8 nitrogen and oxygen atoms in total. The van der Waals surface area contributed by atoms with Crippen molar-refractivity contribution in [2.45, 2.75) is 12.8 Å². The number of para-hydroxylation sites is 1. The van der Waals surface area contributed by atoms with Gasteiger partial charge in [-0.15, -0.1) is 11.3 Å². The van der Waals surface area contributed by atoms with Gasteiger partial charge in [-0.05, 0) is 18.1 Å². The van der Waals surface area contributed by atoms with E-state index < -0.39 is 0 Å². The summed E-state index contributed by atoms with van der Waals surface area (Å²) in [6.45, 7) is 0.543. The fourth-order valence-corrected chi connectivity index (χ4v) is 3.63. The lowest BCUT2D eigenvalue weighted by molar-refractivity contribution is -0.120. The maximum Gasteiger partial charge on any atom is 0.277 e. The van der Waals surface area contributed by atoms with Gasteiger partial charge in [0.2, 0.25) is 5.91 Å². The van der Waals surface area contributed by atoms with Gasteiger partial charge in [-0.3, -0.25) is 19.9 Å². The van der Waals surface area contributed by atoms with Crippen molar-refractivity contribution in [2.24, 2.45) is 0 Å². The van der Waals surface area contributed by atoms with Crippen LogP contribution in [0.5, 0.6) is 0 Å². The number of hydrogen-bond donors (Lipinski definition) is 3. The monoisotopic (exact) mass is 406 g/mol. The Kier molecular flexibility index (Phi) is 5.57. The van der Waals surface area contributed by atoms with Crippen molar-refractivity contribution in [3.8, 4) is 0 Å². The van der Waals surface area contributed by atoms with Gasteiger partial charge in [-0.2, -0.15) is 0 Å². The van der Waals surface area contributed by atoms with Crippen molar-refractivity contribution in [3.05, 3.63) is 71.4 Å². The Hall–Kier alpha value is -3.59. The molecule has 4 rings (SSSR count). The van der Waals surface area contributed by atoms with E-state index >= 15 is 0 Å². The lowest BCUT2D eigenvalue weighted by Crippen LogP contribution is -2.27. The molecule has 3 N–H and O–H groups in total. The van der Waals surface area contributed by atoms with Crippen LogP contribution in [0.4, 0.5) is 5.13 Å². The summed E-state index contributed by atoms with van der Waals surface area (Å²) in [4.78, 5) is 39.6. The number of aromatic nitrogens is 4. The first-order valence-electron chi connectivity index (χ1n) is 9.02. The minimum Gasteiger partial charge on any atom is -0.361 e. The van der Waals surface area contributed by atoms with Gasteiger partial charge in [0.05, 0.1) is 18.3 Å². The number of amides is 2. The topological polar surface area (TPSA) is 113 Å². The summed E-state index contributed by atoms with van der Waals surface area (Å²) in [6.07, 6.45) is 7.20. The van der Waals surface area contributed by atoms with Crippen molar-refractivity contribution in [1.82, 2.24) is 25.3 Å². The van der Waals surface area contributed by atoms with Crippen LogP contribution < -0.4 is 10.6 Å². The predicted octanol–water partition coefficient (Wildman–Crippen LogP) is 2.57. The molecule has 0 fully saturated rings. The number of thiazole rings is 1. The number of aromatic amines is 1. The molecule has 0 spiro atoms. The van der Waals surface area contributed by atoms with E-state index in [1.54, 1.807) is 5.38 Å². The Morgan fingerprint density at radius 2 is 2.07 bits per heavy atom. The number of hydrogen-bond acceptors (Lipinski definition) is 6. The molecule has 0 aliphatic rings. The van der Waals surface area contributed by atoms with Gasteiger partial charge in [0.1, 0.15) is 5.69 Å². The van der Waals surface area contributed by atoms with Crippen LogP contribution in [0, 0.1) is 0 Å². The van der Waals surface area contributed by atoms with Gasteiger partial charge in [-0.25, -0.2) is 9.97 Å². The Bertz CT molecular complexity index is 1140. The second-order valence-corrected chi connectivity index (χ2v) is 7.18. The first-order chi connectivity index (χ1) is 14.2. The fraction of sp³-hybridized carbons (Fsp3) is 0.150. The van der Waals surface area contributed by atoms with Gasteiger partial charge in [0, 0.05) is 41.4 Å². The lowest BCUT2D eigenvalue weighted by Gasteiger charge is -2.04. The van der Waals surface area contributed by atoms with Crippen molar-refractivity contribution in [2.75, 3.05) is 11.9 Å². The van der Waals surface area contributed by atoms with Gasteiger partial charge < -0.3 is 10.3 Å². The van der Waals surface area contributed by atoms with Crippen LogP contribution in [0.25, 0.3) is 10.9 Å². The van der Waals surface area contributed by atoms with Gasteiger partial charge in [-0.1, -0.05) is 18.2 Å². The summed E-state index contributed by atoms with van der Waals surface area (Å²) >= 11 is 1.26. The zero-order chi connectivity index (χ0) is 20.1. The van der Waals surface area contributed by atoms with E-state index in [-0.39, 0.29) is 23.9 Å². The smallest absolute Gasteiger partial charge is 0.277 e. The molecule has 29 heavy (non-hydrogen) atoms. The third kappa shape index (κ3) is 4.64. The van der Waals surface area contributed by atoms with Gasteiger partial charge >= 0.3 is 0 Å². The Balaban J connectivity index is 1.26. The van der Waals surface area contributed by atoms with Crippen molar-refractivity contribution < 1.29 is 9.59 Å². The average molecular weight is 406 g/mol. The number of rotatable bonds is 7. The molecule has 3 aromatic heterocycles. The molecule has 0 radical (unpaired) electrons. The van der Waals surface area contributed by atoms with E-state index in [4.69, 9.17) is 0 Å². The molecule has 0 aliphatic heterocycles. The minimum absolute atomic E-state index is 0.109. The molecule has 3 heterocycles. The molecule has 146 valence electrons. The molecule has 0 atom stereocenters. The maximum absolute atomic E-state index is 12.2. The van der Waals surface area contributed by atoms with Gasteiger partial charge in [0.15, 0.2) is 5.13 Å². The maximum atomic E-state index is 12.2. The van der Waals surface area contributed by atoms with E-state index in [1.807, 2.05) is 24.4 Å². The number of nitrogens with one attached hydrogen (secondary N) is 3. The van der Waals surface area contributed by atoms with Crippen LogP contribution in [0.1, 0.15) is 21.7 Å². The molecule has 0 bridgehead atoms. The highest BCUT2D eigenvalue weighted by molar-refractivity contribution is 7.14. The molecule has 2 amide bonds. The number of nitrogens with zero attached hydrogens (tertiary/aromatic N) is 3. The molecular formula is C20H18N6O2S. The summed E-state index contributed by atoms with van der Waals surface area (Å²) in [5, 5.41) is 8.92. The lowest BCUT2D eigenvalue weighted by atomic mass is 10.1. The SMILES string of the molecule is O=C(Cc1csc(NC(=O)c2cnccn2)n1)NCCc1c[nH]c2ccccc12. The molecule has 9 heteroatoms. The van der Waals surface area contributed by atoms with Crippen molar-refractivity contribution in [3.63, 3.8) is 0 Å². The molecule has 0 saturated carbocycles. The molecule has 1 aromatic carbocycles. The van der Waals surface area contributed by atoms with Crippen molar-refractivity contribution in [1.29, 1.82) is 0 Å². The molecule has 0 saturated heterocycles. The van der Waals surface area contributed by atoms with Crippen LogP contribution in [-0.2, 0) is 17.6 Å². The molecule has 4 aromatic rings. The largest absolute Gasteiger partial charge is 0.361 e. The van der Waals surface area contributed by atoms with E-state index in [1.165, 1.54) is 40.9 Å². The number of carbonyl (C=O) groups is 2. The third-order valence-corrected chi connectivity index (χ3v) is 5.11. The molecule has 0 unspecified atom stereocenters. The average Bonchev–Trinajstić information content (AvgIpc) is 3.35. The highest BCUT2D eigenvalue weighted by Gasteiger charge is 2.12. The number of fused-ring (bicyclic) bond motifs is 1. The fourth-order valence-electron chi connectivity index (χ4n) is 2.93. The van der Waals surface area contributed by atoms with Crippen LogP contribution >= 0.6 is 11.3 Å². The Morgan fingerprint density at radius 1 is 1.17 bits per heavy atom. The summed E-state index contributed by atoms with van der Waals surface area (Å²) < 4.78 is 0. The standard InChI is InChI=1S/C20H18N6O2S/c27-18(23-6-5-13-10-24-16-4-2-1-3-15(13)16)9-14-12-29-20(25-14)26-19(28)17-11-21-7-8-22-17/h1-4,7-8,10-12,24H,5-6,9H2,(H,23,27)(H,25,26,28). The van der Waals surface area contributed by atoms with Gasteiger partial charge in [0.25, 0.3) is 5.91 Å². The van der Waals surface area contributed by atoms with Crippen LogP contribution in [0.2, 0.25) is 0 Å². The third-order valence-electron chi connectivity index (χ3n) is 4.30. The summed E-state index contributed by atoms with van der Waals surface area (Å²) in [7, 11) is 0. The normalized spacial score (nSPS) is 10.8. The summed E-state index contributed by atoms with van der Waals surface area (Å²) in [5.41, 5.74) is 3.07. The van der Waals surface area contributed by atoms with E-state index in [2.05, 4.69) is 36.6 Å². The number of anilines is 1. The highest BCUT2D eigenvalue weighted by Crippen LogP contribution is 2.18.